The molecule has 7 nitrogen and oxygen atoms in total. The molecule has 3 aromatic rings. The molecule has 112 valence electrons. The van der Waals surface area contributed by atoms with Crippen molar-refractivity contribution in [2.24, 2.45) is 0 Å². The quantitative estimate of drug-likeness (QED) is 0.660. The number of hydrogen-bond donors (Lipinski definition) is 1. The normalized spacial score (nSPS) is 11.7. The van der Waals surface area contributed by atoms with Gasteiger partial charge in [-0.15, -0.1) is 0 Å². The number of pyridine rings is 2. The second-order valence-corrected chi connectivity index (χ2v) is 5.98. The van der Waals surface area contributed by atoms with Gasteiger partial charge in [-0.1, -0.05) is 0 Å². The molecule has 0 aliphatic heterocycles. The van der Waals surface area contributed by atoms with E-state index in [1.165, 1.54) is 6.20 Å². The molecule has 0 spiro atoms. The minimum atomic E-state index is -0.315. The number of nitriles is 2. The van der Waals surface area contributed by atoms with Gasteiger partial charge < -0.3 is 5.32 Å². The van der Waals surface area contributed by atoms with Crippen LogP contribution >= 0.6 is 22.6 Å². The van der Waals surface area contributed by atoms with E-state index in [-0.39, 0.29) is 6.04 Å². The zero-order valence-electron chi connectivity index (χ0n) is 12.0. The van der Waals surface area contributed by atoms with Gasteiger partial charge in [-0.05, 0) is 35.6 Å². The lowest BCUT2D eigenvalue weighted by Crippen LogP contribution is -2.14. The van der Waals surface area contributed by atoms with E-state index < -0.39 is 0 Å². The Labute approximate surface area is 145 Å². The molecular weight excluding hydrogens is 405 g/mol. The van der Waals surface area contributed by atoms with Crippen molar-refractivity contribution in [1.82, 2.24) is 19.7 Å². The van der Waals surface area contributed by atoms with Crippen LogP contribution in [-0.2, 0) is 0 Å². The molecule has 3 heterocycles. The van der Waals surface area contributed by atoms with Crippen LogP contribution < -0.4 is 5.32 Å². The molecule has 1 N–H and O–H groups in total. The Hall–Kier alpha value is -2.72. The molecule has 0 amide bonds. The molecule has 0 bridgehead atoms. The van der Waals surface area contributed by atoms with Crippen molar-refractivity contribution in [2.45, 2.75) is 13.0 Å². The summed E-state index contributed by atoms with van der Waals surface area (Å²) in [6, 6.07) is 7.43. The monoisotopic (exact) mass is 415 g/mol. The molecule has 0 fully saturated rings. The van der Waals surface area contributed by atoms with Gasteiger partial charge in [0, 0.05) is 23.8 Å². The summed E-state index contributed by atoms with van der Waals surface area (Å²) in [5.74, 6) is 0.588. The fraction of sp³-hybridized carbons (Fsp3) is 0.133. The van der Waals surface area contributed by atoms with Gasteiger partial charge in [0.2, 0.25) is 0 Å². The molecule has 0 aliphatic carbocycles. The van der Waals surface area contributed by atoms with Gasteiger partial charge in [0.15, 0.2) is 11.5 Å². The highest BCUT2D eigenvalue weighted by atomic mass is 127. The summed E-state index contributed by atoms with van der Waals surface area (Å²) in [5, 5.41) is 26.1. The van der Waals surface area contributed by atoms with Gasteiger partial charge in [0.05, 0.1) is 27.1 Å². The number of anilines is 1. The summed E-state index contributed by atoms with van der Waals surface area (Å²) in [6.45, 7) is 1.78. The van der Waals surface area contributed by atoms with Crippen LogP contribution in [0, 0.1) is 26.2 Å². The lowest BCUT2D eigenvalue weighted by molar-refractivity contribution is 0.860. The summed E-state index contributed by atoms with van der Waals surface area (Å²) < 4.78 is 2.51. The predicted molar refractivity (Wildman–Crippen MR) is 92.8 cm³/mol. The van der Waals surface area contributed by atoms with Crippen LogP contribution in [-0.4, -0.2) is 25.8 Å². The molecular formula is C15H10IN7. The lowest BCUT2D eigenvalue weighted by atomic mass is 10.2. The first-order chi connectivity index (χ1) is 11.1. The molecule has 3 rings (SSSR count). The molecule has 0 radical (unpaired) electrons. The number of aromatic nitrogens is 4. The van der Waals surface area contributed by atoms with Gasteiger partial charge in [0.25, 0.3) is 0 Å². The van der Waals surface area contributed by atoms with E-state index in [4.69, 9.17) is 10.5 Å². The highest BCUT2D eigenvalue weighted by Gasteiger charge is 2.11. The summed E-state index contributed by atoms with van der Waals surface area (Å²) in [5.41, 5.74) is 1.91. The van der Waals surface area contributed by atoms with Crippen LogP contribution in [0.2, 0.25) is 0 Å². The molecule has 0 aliphatic rings. The Morgan fingerprint density at radius 1 is 1.22 bits per heavy atom. The third-order valence-corrected chi connectivity index (χ3v) is 4.02. The topological polar surface area (TPSA) is 103 Å². The standard InChI is InChI=1S/C15H10IN7/c1-9(4-17)22-13-3-14(19-8-12(13)16)23-15-11(7-21-23)2-10(5-18)6-20-15/h2-3,6-9H,1H3,(H,19,22)/t9-/m1/s1. The predicted octanol–water partition coefficient (Wildman–Crippen LogP) is 2.62. The summed E-state index contributed by atoms with van der Waals surface area (Å²) in [7, 11) is 0. The molecule has 23 heavy (non-hydrogen) atoms. The molecule has 0 unspecified atom stereocenters. The Bertz CT molecular complexity index is 964. The van der Waals surface area contributed by atoms with Crippen LogP contribution in [0.15, 0.2) is 30.7 Å². The Balaban J connectivity index is 2.07. The fourth-order valence-corrected chi connectivity index (χ4v) is 2.52. The SMILES string of the molecule is C[C@H](C#N)Nc1cc(-n2ncc3cc(C#N)cnc32)ncc1I. The van der Waals surface area contributed by atoms with Crippen molar-refractivity contribution in [3.63, 3.8) is 0 Å². The Morgan fingerprint density at radius 2 is 2.04 bits per heavy atom. The summed E-state index contributed by atoms with van der Waals surface area (Å²) in [6.07, 6.45) is 4.86. The molecule has 0 aromatic carbocycles. The molecule has 0 saturated carbocycles. The largest absolute Gasteiger partial charge is 0.369 e. The van der Waals surface area contributed by atoms with Gasteiger partial charge in [-0.3, -0.25) is 0 Å². The van der Waals surface area contributed by atoms with Crippen LogP contribution in [0.5, 0.6) is 0 Å². The van der Waals surface area contributed by atoms with Crippen molar-refractivity contribution in [3.8, 4) is 18.0 Å². The van der Waals surface area contributed by atoms with E-state index in [0.717, 1.165) is 14.6 Å². The van der Waals surface area contributed by atoms with Gasteiger partial charge >= 0.3 is 0 Å². The van der Waals surface area contributed by atoms with E-state index >= 15 is 0 Å². The van der Waals surface area contributed by atoms with Crippen molar-refractivity contribution in [3.05, 3.63) is 39.9 Å². The second-order valence-electron chi connectivity index (χ2n) is 4.82. The van der Waals surface area contributed by atoms with E-state index in [9.17, 15) is 0 Å². The van der Waals surface area contributed by atoms with Crippen LogP contribution in [0.3, 0.4) is 0 Å². The van der Waals surface area contributed by atoms with Crippen LogP contribution in [0.4, 0.5) is 5.69 Å². The van der Waals surface area contributed by atoms with Gasteiger partial charge in [-0.25, -0.2) is 9.97 Å². The molecule has 1 atom stereocenters. The van der Waals surface area contributed by atoms with E-state index in [1.54, 1.807) is 30.1 Å². The number of rotatable bonds is 3. The second kappa shape index (κ2) is 6.18. The third kappa shape index (κ3) is 2.94. The molecule has 8 heteroatoms. The van der Waals surface area contributed by atoms with Crippen molar-refractivity contribution < 1.29 is 0 Å². The van der Waals surface area contributed by atoms with Gasteiger partial charge in [-0.2, -0.15) is 20.3 Å². The summed E-state index contributed by atoms with van der Waals surface area (Å²) >= 11 is 2.16. The first kappa shape index (κ1) is 15.2. The third-order valence-electron chi connectivity index (χ3n) is 3.16. The highest BCUT2D eigenvalue weighted by Crippen LogP contribution is 2.22. The number of hydrogen-bond acceptors (Lipinski definition) is 6. The van der Waals surface area contributed by atoms with E-state index in [1.807, 2.05) is 6.07 Å². The smallest absolute Gasteiger partial charge is 0.164 e. The minimum absolute atomic E-state index is 0.315. The van der Waals surface area contributed by atoms with Gasteiger partial charge in [0.1, 0.15) is 12.1 Å². The Morgan fingerprint density at radius 3 is 2.78 bits per heavy atom. The number of fused-ring (bicyclic) bond motifs is 1. The van der Waals surface area contributed by atoms with Crippen molar-refractivity contribution in [2.75, 3.05) is 5.32 Å². The summed E-state index contributed by atoms with van der Waals surface area (Å²) in [4.78, 5) is 8.65. The van der Waals surface area contributed by atoms with Crippen molar-refractivity contribution >= 4 is 39.3 Å². The van der Waals surface area contributed by atoms with E-state index in [0.29, 0.717) is 17.0 Å². The number of halogens is 1. The maximum atomic E-state index is 8.95. The molecule has 0 saturated heterocycles. The zero-order chi connectivity index (χ0) is 16.4. The first-order valence-corrected chi connectivity index (χ1v) is 7.76. The first-order valence-electron chi connectivity index (χ1n) is 6.68. The zero-order valence-corrected chi connectivity index (χ0v) is 14.2. The number of nitrogens with zero attached hydrogens (tertiary/aromatic N) is 6. The molecule has 3 aromatic heterocycles. The Kier molecular flexibility index (Phi) is 4.08. The fourth-order valence-electron chi connectivity index (χ4n) is 2.07. The maximum Gasteiger partial charge on any atom is 0.164 e. The van der Waals surface area contributed by atoms with Crippen molar-refractivity contribution in [1.29, 1.82) is 10.5 Å². The maximum absolute atomic E-state index is 8.95. The van der Waals surface area contributed by atoms with Crippen LogP contribution in [0.25, 0.3) is 16.9 Å². The minimum Gasteiger partial charge on any atom is -0.369 e. The van der Waals surface area contributed by atoms with E-state index in [2.05, 4.69) is 55.1 Å². The number of nitrogens with one attached hydrogen (secondary N) is 1. The average Bonchev–Trinajstić information content (AvgIpc) is 2.99. The van der Waals surface area contributed by atoms with Crippen LogP contribution in [0.1, 0.15) is 12.5 Å². The average molecular weight is 415 g/mol. The highest BCUT2D eigenvalue weighted by molar-refractivity contribution is 14.1. The lowest BCUT2D eigenvalue weighted by Gasteiger charge is -2.11.